The molecule has 0 aromatic carbocycles. The summed E-state index contributed by atoms with van der Waals surface area (Å²) in [5.74, 6) is 0. The minimum Gasteiger partial charge on any atom is -0.341 e. The topological polar surface area (TPSA) is 60.3 Å². The second-order valence-corrected chi connectivity index (χ2v) is 2.85. The van der Waals surface area contributed by atoms with Crippen LogP contribution in [0.2, 0.25) is 0 Å². The van der Waals surface area contributed by atoms with Gasteiger partial charge in [0.2, 0.25) is 0 Å². The molecule has 0 unspecified atom stereocenters. The van der Waals surface area contributed by atoms with Crippen molar-refractivity contribution in [2.75, 3.05) is 0 Å². The highest BCUT2D eigenvalue weighted by Crippen LogP contribution is 2.04. The molecule has 2 aromatic heterocycles. The van der Waals surface area contributed by atoms with Crippen molar-refractivity contribution in [1.82, 2.24) is 19.9 Å². The molecular formula is C5H4N4S2. The molecule has 0 saturated carbocycles. The Morgan fingerprint density at radius 2 is 2.09 bits per heavy atom. The van der Waals surface area contributed by atoms with Crippen molar-refractivity contribution in [2.24, 2.45) is 0 Å². The molecule has 2 aromatic rings. The van der Waals surface area contributed by atoms with Crippen LogP contribution in [0.3, 0.4) is 0 Å². The molecule has 0 spiro atoms. The van der Waals surface area contributed by atoms with Crippen LogP contribution in [0.15, 0.2) is 6.33 Å². The number of H-pyrrole nitrogens is 3. The summed E-state index contributed by atoms with van der Waals surface area (Å²) in [6.07, 6.45) is 1.57. The third-order valence-corrected chi connectivity index (χ3v) is 1.84. The molecule has 0 fully saturated rings. The molecular weight excluding hydrogens is 180 g/mol. The zero-order valence-electron chi connectivity index (χ0n) is 5.34. The average molecular weight is 184 g/mol. The highest BCUT2D eigenvalue weighted by Gasteiger charge is 1.95. The molecule has 0 aliphatic rings. The molecule has 0 amide bonds. The second kappa shape index (κ2) is 2.24. The number of aromatic amines is 3. The summed E-state index contributed by atoms with van der Waals surface area (Å²) in [6.45, 7) is 0. The first-order valence-corrected chi connectivity index (χ1v) is 3.75. The normalized spacial score (nSPS) is 10.5. The Balaban J connectivity index is 3.15. The zero-order chi connectivity index (χ0) is 7.84. The van der Waals surface area contributed by atoms with E-state index in [2.05, 4.69) is 19.9 Å². The van der Waals surface area contributed by atoms with Gasteiger partial charge in [-0.05, 0) is 12.2 Å². The number of nitrogens with zero attached hydrogens (tertiary/aromatic N) is 1. The summed E-state index contributed by atoms with van der Waals surface area (Å²) < 4.78 is 1.08. The maximum absolute atomic E-state index is 4.98. The molecule has 0 aliphatic heterocycles. The van der Waals surface area contributed by atoms with E-state index in [-0.39, 0.29) is 0 Å². The van der Waals surface area contributed by atoms with E-state index < -0.39 is 0 Å². The molecule has 0 atom stereocenters. The largest absolute Gasteiger partial charge is 0.341 e. The molecule has 56 valence electrons. The number of rotatable bonds is 0. The van der Waals surface area contributed by atoms with Crippen LogP contribution in [0.1, 0.15) is 0 Å². The smallest absolute Gasteiger partial charge is 0.177 e. The van der Waals surface area contributed by atoms with Crippen LogP contribution in [0, 0.1) is 9.41 Å². The van der Waals surface area contributed by atoms with Gasteiger partial charge in [0.15, 0.2) is 10.4 Å². The predicted molar refractivity (Wildman–Crippen MR) is 46.5 cm³/mol. The van der Waals surface area contributed by atoms with E-state index in [1.54, 1.807) is 6.33 Å². The molecule has 11 heavy (non-hydrogen) atoms. The minimum absolute atomic E-state index is 0.495. The highest BCUT2D eigenvalue weighted by atomic mass is 32.1. The first kappa shape index (κ1) is 6.68. The Labute approximate surface area is 71.7 Å². The van der Waals surface area contributed by atoms with Crippen molar-refractivity contribution < 1.29 is 0 Å². The lowest BCUT2D eigenvalue weighted by Gasteiger charge is -1.87. The van der Waals surface area contributed by atoms with Gasteiger partial charge < -0.3 is 15.0 Å². The summed E-state index contributed by atoms with van der Waals surface area (Å²) in [6, 6.07) is 0. The Hall–Kier alpha value is -1.01. The van der Waals surface area contributed by atoms with E-state index in [1.807, 2.05) is 0 Å². The van der Waals surface area contributed by atoms with E-state index in [0.29, 0.717) is 15.1 Å². The number of nitrogens with one attached hydrogen (secondary N) is 3. The third-order valence-electron chi connectivity index (χ3n) is 1.33. The molecule has 0 radical (unpaired) electrons. The van der Waals surface area contributed by atoms with Gasteiger partial charge in [0.05, 0.1) is 6.33 Å². The Bertz CT molecular complexity index is 491. The van der Waals surface area contributed by atoms with Gasteiger partial charge in [-0.1, -0.05) is 12.2 Å². The molecule has 3 N–H and O–H groups in total. The Kier molecular flexibility index (Phi) is 1.36. The number of hydrogen-bond acceptors (Lipinski definition) is 3. The number of hydrogen-bond donors (Lipinski definition) is 3. The molecule has 0 saturated heterocycles. The third kappa shape index (κ3) is 0.997. The van der Waals surface area contributed by atoms with Crippen LogP contribution >= 0.6 is 24.4 Å². The average Bonchev–Trinajstić information content (AvgIpc) is 2.34. The van der Waals surface area contributed by atoms with Crippen LogP contribution < -0.4 is 0 Å². The molecule has 4 nitrogen and oxygen atoms in total. The van der Waals surface area contributed by atoms with E-state index in [1.165, 1.54) is 0 Å². The summed E-state index contributed by atoms with van der Waals surface area (Å²) in [5.41, 5.74) is 1.48. The maximum Gasteiger partial charge on any atom is 0.177 e. The van der Waals surface area contributed by atoms with E-state index in [4.69, 9.17) is 24.4 Å². The van der Waals surface area contributed by atoms with Gasteiger partial charge in [-0.2, -0.15) is 0 Å². The quantitative estimate of drug-likeness (QED) is 0.546. The molecule has 2 rings (SSSR count). The van der Waals surface area contributed by atoms with Gasteiger partial charge in [0.25, 0.3) is 0 Å². The van der Waals surface area contributed by atoms with Crippen molar-refractivity contribution in [1.29, 1.82) is 0 Å². The molecule has 2 heterocycles. The Morgan fingerprint density at radius 1 is 1.27 bits per heavy atom. The first-order chi connectivity index (χ1) is 5.27. The monoisotopic (exact) mass is 184 g/mol. The lowest BCUT2D eigenvalue weighted by molar-refractivity contribution is 1.15. The van der Waals surface area contributed by atoms with Crippen LogP contribution in [0.25, 0.3) is 11.2 Å². The minimum atomic E-state index is 0.495. The standard InChI is InChI=1S/C5H4N4S2/c10-4-2-3(7-1-6-2)8-5(11)9-4/h1H,(H3,6,7,8,9,10,11). The van der Waals surface area contributed by atoms with Gasteiger partial charge in [0, 0.05) is 0 Å². The van der Waals surface area contributed by atoms with Crippen LogP contribution in [-0.2, 0) is 0 Å². The second-order valence-electron chi connectivity index (χ2n) is 2.03. The fraction of sp³-hybridized carbons (Fsp3) is 0. The van der Waals surface area contributed by atoms with Crippen LogP contribution in [0.5, 0.6) is 0 Å². The lowest BCUT2D eigenvalue weighted by atomic mass is 10.6. The van der Waals surface area contributed by atoms with Crippen LogP contribution in [-0.4, -0.2) is 19.9 Å². The first-order valence-electron chi connectivity index (χ1n) is 2.93. The van der Waals surface area contributed by atoms with Crippen molar-refractivity contribution >= 4 is 35.6 Å². The van der Waals surface area contributed by atoms with Crippen molar-refractivity contribution in [3.8, 4) is 0 Å². The van der Waals surface area contributed by atoms with E-state index in [0.717, 1.165) is 5.52 Å². The fourth-order valence-corrected chi connectivity index (χ4v) is 1.39. The van der Waals surface area contributed by atoms with Crippen molar-refractivity contribution in [3.05, 3.63) is 15.7 Å². The van der Waals surface area contributed by atoms with Crippen molar-refractivity contribution in [2.45, 2.75) is 0 Å². The summed E-state index contributed by atoms with van der Waals surface area (Å²) >= 11 is 9.84. The highest BCUT2D eigenvalue weighted by molar-refractivity contribution is 7.72. The molecule has 0 aliphatic carbocycles. The fourth-order valence-electron chi connectivity index (χ4n) is 0.867. The van der Waals surface area contributed by atoms with Gasteiger partial charge in [-0.3, -0.25) is 0 Å². The van der Waals surface area contributed by atoms with Gasteiger partial charge in [-0.15, -0.1) is 0 Å². The zero-order valence-corrected chi connectivity index (χ0v) is 6.97. The maximum atomic E-state index is 4.98. The van der Waals surface area contributed by atoms with Crippen molar-refractivity contribution in [3.63, 3.8) is 0 Å². The lowest BCUT2D eigenvalue weighted by Crippen LogP contribution is -1.83. The number of imidazole rings is 1. The summed E-state index contributed by atoms with van der Waals surface area (Å²) in [5, 5.41) is 0. The predicted octanol–water partition coefficient (Wildman–Crippen LogP) is 1.68. The van der Waals surface area contributed by atoms with E-state index in [9.17, 15) is 0 Å². The van der Waals surface area contributed by atoms with E-state index >= 15 is 0 Å². The van der Waals surface area contributed by atoms with Crippen LogP contribution in [0.4, 0.5) is 0 Å². The Morgan fingerprint density at radius 3 is 2.91 bits per heavy atom. The molecule has 6 heteroatoms. The van der Waals surface area contributed by atoms with Gasteiger partial charge >= 0.3 is 0 Å². The van der Waals surface area contributed by atoms with Gasteiger partial charge in [0.1, 0.15) is 10.2 Å². The summed E-state index contributed by atoms with van der Waals surface area (Å²) in [7, 11) is 0. The summed E-state index contributed by atoms with van der Waals surface area (Å²) in [4.78, 5) is 12.5. The van der Waals surface area contributed by atoms with Gasteiger partial charge in [-0.25, -0.2) is 4.98 Å². The SMILES string of the molecule is S=c1[nH]c(=S)c2[nH]cnc2[nH]1. The number of fused-ring (bicyclic) bond motifs is 1. The molecule has 0 bridgehead atoms. The number of aromatic nitrogens is 4.